The molecule has 5 heteroatoms. The van der Waals surface area contributed by atoms with Crippen LogP contribution in [0.15, 0.2) is 0 Å². The van der Waals surface area contributed by atoms with Gasteiger partial charge in [0.15, 0.2) is 0 Å². The minimum absolute atomic E-state index is 0.318. The Morgan fingerprint density at radius 3 is 1.25 bits per heavy atom. The monoisotopic (exact) mass is 457 g/mol. The predicted octanol–water partition coefficient (Wildman–Crippen LogP) is 6.54. The van der Waals surface area contributed by atoms with Crippen molar-refractivity contribution >= 4 is 5.97 Å². The summed E-state index contributed by atoms with van der Waals surface area (Å²) in [5.74, 6) is -0.899. The number of carbonyl (C=O) groups is 1. The van der Waals surface area contributed by atoms with Crippen LogP contribution in [0.4, 0.5) is 0 Å². The first kappa shape index (κ1) is 31.4. The topological polar surface area (TPSA) is 81.0 Å². The molecule has 0 radical (unpaired) electrons. The summed E-state index contributed by atoms with van der Waals surface area (Å²) in [6, 6.07) is -0.698. The Morgan fingerprint density at radius 1 is 0.625 bits per heavy atom. The molecule has 0 rings (SSSR count). The van der Waals surface area contributed by atoms with Crippen LogP contribution in [0, 0.1) is 0 Å². The highest BCUT2D eigenvalue weighted by molar-refractivity contribution is 5.72. The van der Waals surface area contributed by atoms with Crippen LogP contribution in [-0.4, -0.2) is 57.5 Å². The Balaban J connectivity index is 4.10. The molecule has 0 aliphatic rings. The number of carboxylic acid groups (broad SMARTS) is 1. The number of unbranched alkanes of at least 4 members (excludes halogenated alkanes) is 14. The molecule has 0 aromatic heterocycles. The number of hydrogen-bond acceptors (Lipinski definition) is 4. The molecule has 0 saturated carbocycles. The molecule has 5 nitrogen and oxygen atoms in total. The van der Waals surface area contributed by atoms with Crippen LogP contribution in [0.1, 0.15) is 136 Å². The van der Waals surface area contributed by atoms with Crippen LogP contribution in [0.25, 0.3) is 0 Å². The molecule has 0 aliphatic heterocycles. The molecule has 0 spiro atoms. The normalized spacial score (nSPS) is 14.6. The first-order valence-corrected chi connectivity index (χ1v) is 13.7. The van der Waals surface area contributed by atoms with E-state index in [1.165, 1.54) is 77.0 Å². The van der Waals surface area contributed by atoms with Crippen LogP contribution < -0.4 is 0 Å². The maximum atomic E-state index is 11.5. The van der Waals surface area contributed by atoms with Crippen LogP contribution in [0.5, 0.6) is 0 Å². The van der Waals surface area contributed by atoms with Crippen molar-refractivity contribution in [3.05, 3.63) is 0 Å². The lowest BCUT2D eigenvalue weighted by molar-refractivity contribution is -0.143. The highest BCUT2D eigenvalue weighted by Gasteiger charge is 2.25. The number of hydrogen-bond donors (Lipinski definition) is 3. The minimum atomic E-state index is -0.899. The third-order valence-electron chi connectivity index (χ3n) is 6.58. The molecule has 3 N–H and O–H groups in total. The molecule has 0 aromatic rings. The zero-order valence-corrected chi connectivity index (χ0v) is 21.6. The highest BCUT2D eigenvalue weighted by Crippen LogP contribution is 2.14. The van der Waals surface area contributed by atoms with E-state index >= 15 is 0 Å². The zero-order valence-electron chi connectivity index (χ0n) is 21.6. The second-order valence-corrected chi connectivity index (χ2v) is 9.80. The number of carboxylic acids is 1. The van der Waals surface area contributed by atoms with E-state index in [1.54, 1.807) is 11.8 Å². The zero-order chi connectivity index (χ0) is 24.0. The summed E-state index contributed by atoms with van der Waals surface area (Å²) in [4.78, 5) is 13.3. The molecule has 32 heavy (non-hydrogen) atoms. The molecule has 192 valence electrons. The van der Waals surface area contributed by atoms with Crippen molar-refractivity contribution in [2.75, 3.05) is 13.1 Å². The van der Waals surface area contributed by atoms with Gasteiger partial charge in [0.25, 0.3) is 0 Å². The van der Waals surface area contributed by atoms with Gasteiger partial charge in [0, 0.05) is 13.1 Å². The van der Waals surface area contributed by atoms with Gasteiger partial charge in [-0.25, -0.2) is 0 Å². The average Bonchev–Trinajstić information content (AvgIpc) is 2.76. The quantitative estimate of drug-likeness (QED) is 0.143. The van der Waals surface area contributed by atoms with Crippen molar-refractivity contribution in [2.45, 2.75) is 155 Å². The largest absolute Gasteiger partial charge is 0.480 e. The van der Waals surface area contributed by atoms with Crippen molar-refractivity contribution in [1.29, 1.82) is 0 Å². The molecule has 0 saturated heterocycles. The molecule has 0 aromatic carbocycles. The lowest BCUT2D eigenvalue weighted by Crippen LogP contribution is -2.46. The third-order valence-corrected chi connectivity index (χ3v) is 6.58. The lowest BCUT2D eigenvalue weighted by atomic mass is 10.0. The molecular formula is C27H55NO4. The first-order valence-electron chi connectivity index (χ1n) is 13.7. The summed E-state index contributed by atoms with van der Waals surface area (Å²) in [7, 11) is 0. The van der Waals surface area contributed by atoms with Crippen LogP contribution in [0.2, 0.25) is 0 Å². The summed E-state index contributed by atoms with van der Waals surface area (Å²) >= 11 is 0. The van der Waals surface area contributed by atoms with E-state index in [9.17, 15) is 20.1 Å². The van der Waals surface area contributed by atoms with E-state index in [4.69, 9.17) is 0 Å². The van der Waals surface area contributed by atoms with Gasteiger partial charge in [0.2, 0.25) is 0 Å². The maximum Gasteiger partial charge on any atom is 0.320 e. The van der Waals surface area contributed by atoms with Crippen LogP contribution >= 0.6 is 0 Å². The minimum Gasteiger partial charge on any atom is -0.480 e. The Hall–Kier alpha value is -0.650. The van der Waals surface area contributed by atoms with Crippen LogP contribution in [0.3, 0.4) is 0 Å². The van der Waals surface area contributed by atoms with Gasteiger partial charge in [-0.1, -0.05) is 117 Å². The van der Waals surface area contributed by atoms with Crippen molar-refractivity contribution in [3.63, 3.8) is 0 Å². The highest BCUT2D eigenvalue weighted by atomic mass is 16.4. The van der Waals surface area contributed by atoms with E-state index in [2.05, 4.69) is 13.8 Å². The summed E-state index contributed by atoms with van der Waals surface area (Å²) in [5, 5.41) is 30.4. The fourth-order valence-corrected chi connectivity index (χ4v) is 4.30. The second-order valence-electron chi connectivity index (χ2n) is 9.80. The smallest absolute Gasteiger partial charge is 0.320 e. The van der Waals surface area contributed by atoms with E-state index in [0.29, 0.717) is 25.9 Å². The molecule has 3 atom stereocenters. The van der Waals surface area contributed by atoms with E-state index in [0.717, 1.165) is 25.7 Å². The maximum absolute atomic E-state index is 11.5. The molecule has 0 aliphatic carbocycles. The van der Waals surface area contributed by atoms with E-state index < -0.39 is 24.2 Å². The molecule has 0 amide bonds. The van der Waals surface area contributed by atoms with E-state index in [-0.39, 0.29) is 0 Å². The number of aliphatic carboxylic acids is 1. The summed E-state index contributed by atoms with van der Waals surface area (Å²) in [5.41, 5.74) is 0. The fourth-order valence-electron chi connectivity index (χ4n) is 4.30. The number of aliphatic hydroxyl groups excluding tert-OH is 2. The predicted molar refractivity (Wildman–Crippen MR) is 135 cm³/mol. The summed E-state index contributed by atoms with van der Waals surface area (Å²) in [6.07, 6.45) is 19.9. The number of aliphatic hydroxyl groups is 2. The van der Waals surface area contributed by atoms with Gasteiger partial charge in [-0.3, -0.25) is 9.69 Å². The molecule has 0 fully saturated rings. The van der Waals surface area contributed by atoms with Crippen LogP contribution in [-0.2, 0) is 4.79 Å². The van der Waals surface area contributed by atoms with Crippen molar-refractivity contribution in [2.24, 2.45) is 0 Å². The van der Waals surface area contributed by atoms with Crippen molar-refractivity contribution in [3.8, 4) is 0 Å². The van der Waals surface area contributed by atoms with Gasteiger partial charge < -0.3 is 15.3 Å². The number of nitrogens with zero attached hydrogens (tertiary/aromatic N) is 1. The van der Waals surface area contributed by atoms with Crippen molar-refractivity contribution < 1.29 is 20.1 Å². The Bertz CT molecular complexity index is 390. The van der Waals surface area contributed by atoms with Gasteiger partial charge in [0.1, 0.15) is 6.04 Å². The van der Waals surface area contributed by atoms with Gasteiger partial charge in [-0.05, 0) is 19.8 Å². The lowest BCUT2D eigenvalue weighted by Gasteiger charge is -2.30. The second kappa shape index (κ2) is 22.2. The van der Waals surface area contributed by atoms with Gasteiger partial charge >= 0.3 is 5.97 Å². The van der Waals surface area contributed by atoms with E-state index in [1.807, 2.05) is 0 Å². The van der Waals surface area contributed by atoms with Gasteiger partial charge in [-0.2, -0.15) is 0 Å². The Morgan fingerprint density at radius 2 is 0.938 bits per heavy atom. The SMILES string of the molecule is CCCCCCCCCCC(O)CN(CC(O)CCCCCCCCCC)C(C)C(=O)O. The molecular weight excluding hydrogens is 402 g/mol. The summed E-state index contributed by atoms with van der Waals surface area (Å²) in [6.45, 7) is 6.74. The fraction of sp³-hybridized carbons (Fsp3) is 0.963. The summed E-state index contributed by atoms with van der Waals surface area (Å²) < 4.78 is 0. The van der Waals surface area contributed by atoms with Gasteiger partial charge in [-0.15, -0.1) is 0 Å². The molecule has 0 heterocycles. The average molecular weight is 458 g/mol. The first-order chi connectivity index (χ1) is 15.4. The van der Waals surface area contributed by atoms with Gasteiger partial charge in [0.05, 0.1) is 12.2 Å². The number of rotatable bonds is 24. The van der Waals surface area contributed by atoms with Crippen molar-refractivity contribution in [1.82, 2.24) is 4.90 Å². The molecule has 3 unspecified atom stereocenters. The Kier molecular flexibility index (Phi) is 21.7. The molecule has 0 bridgehead atoms. The Labute approximate surface area is 199 Å². The third kappa shape index (κ3) is 18.9. The standard InChI is InChI=1S/C27H55NO4/c1-4-6-8-10-12-14-16-18-20-25(29)22-28(24(3)27(31)32)23-26(30)21-19-17-15-13-11-9-7-5-2/h24-26,29-30H,4-23H2,1-3H3,(H,31,32).